The number of fused-ring (bicyclic) bond motifs is 3. The number of aliphatic carboxylic acids is 1. The number of hydrogen-bond acceptors (Lipinski definition) is 3. The van der Waals surface area contributed by atoms with E-state index >= 15 is 0 Å². The van der Waals surface area contributed by atoms with E-state index in [1.807, 2.05) is 18.2 Å². The Balaban J connectivity index is 1.97. The highest BCUT2D eigenvalue weighted by molar-refractivity contribution is 7.17. The van der Waals surface area contributed by atoms with Gasteiger partial charge >= 0.3 is 5.97 Å². The minimum Gasteiger partial charge on any atom is -0.480 e. The van der Waals surface area contributed by atoms with Crippen LogP contribution in [-0.2, 0) is 17.6 Å². The van der Waals surface area contributed by atoms with E-state index in [4.69, 9.17) is 0 Å². The van der Waals surface area contributed by atoms with E-state index in [9.17, 15) is 14.7 Å². The maximum absolute atomic E-state index is 12.7. The van der Waals surface area contributed by atoms with Gasteiger partial charge in [0, 0.05) is 11.9 Å². The minimum atomic E-state index is -1.24. The van der Waals surface area contributed by atoms with E-state index in [0.29, 0.717) is 4.88 Å². The van der Waals surface area contributed by atoms with Crippen LogP contribution in [0.3, 0.4) is 0 Å². The molecular weight excluding hydrogens is 310 g/mol. The van der Waals surface area contributed by atoms with Gasteiger partial charge in [-0.25, -0.2) is 4.79 Å². The van der Waals surface area contributed by atoms with Gasteiger partial charge in [-0.05, 0) is 49.4 Å². The van der Waals surface area contributed by atoms with E-state index in [0.717, 1.165) is 17.7 Å². The van der Waals surface area contributed by atoms with E-state index in [1.165, 1.54) is 46.8 Å². The van der Waals surface area contributed by atoms with Crippen molar-refractivity contribution in [2.24, 2.45) is 0 Å². The number of likely N-dealkylation sites (N-methyl/N-ethyl adjacent to an activating group) is 1. The molecule has 1 N–H and O–H groups in total. The third kappa shape index (κ3) is 2.55. The second-order valence-electron chi connectivity index (χ2n) is 6.35. The fourth-order valence-corrected chi connectivity index (χ4v) is 3.99. The fraction of sp³-hybridized carbons (Fsp3) is 0.333. The predicted octanol–water partition coefficient (Wildman–Crippen LogP) is 3.45. The molecule has 0 saturated heterocycles. The second kappa shape index (κ2) is 5.49. The summed E-state index contributed by atoms with van der Waals surface area (Å²) in [6, 6.07) is 10.2. The van der Waals surface area contributed by atoms with Gasteiger partial charge in [0.25, 0.3) is 5.91 Å². The van der Waals surface area contributed by atoms with Crippen molar-refractivity contribution < 1.29 is 14.7 Å². The SMILES string of the molecule is CN(C(=O)c1cc2c(s1)-c1ccccc1CC2)C(C)(C)C(=O)O. The molecule has 0 bridgehead atoms. The quantitative estimate of drug-likeness (QED) is 0.938. The summed E-state index contributed by atoms with van der Waals surface area (Å²) in [5.41, 5.74) is 2.44. The van der Waals surface area contributed by atoms with Gasteiger partial charge in [-0.3, -0.25) is 4.79 Å². The van der Waals surface area contributed by atoms with Crippen LogP contribution in [0, 0.1) is 0 Å². The van der Waals surface area contributed by atoms with E-state index in [2.05, 4.69) is 12.1 Å². The molecule has 0 spiro atoms. The molecule has 1 aliphatic carbocycles. The molecule has 1 aromatic carbocycles. The summed E-state index contributed by atoms with van der Waals surface area (Å²) in [7, 11) is 1.54. The summed E-state index contributed by atoms with van der Waals surface area (Å²) in [4.78, 5) is 27.1. The molecule has 0 fully saturated rings. The summed E-state index contributed by atoms with van der Waals surface area (Å²) < 4.78 is 0. The lowest BCUT2D eigenvalue weighted by molar-refractivity contribution is -0.147. The van der Waals surface area contributed by atoms with Gasteiger partial charge in [0.15, 0.2) is 0 Å². The van der Waals surface area contributed by atoms with E-state index in [1.54, 1.807) is 7.05 Å². The lowest BCUT2D eigenvalue weighted by Gasteiger charge is -2.31. The summed E-state index contributed by atoms with van der Waals surface area (Å²) in [5.74, 6) is -1.26. The number of carbonyl (C=O) groups excluding carboxylic acids is 1. The van der Waals surface area contributed by atoms with Crippen molar-refractivity contribution in [3.8, 4) is 10.4 Å². The molecule has 0 radical (unpaired) electrons. The Hall–Kier alpha value is -2.14. The lowest BCUT2D eigenvalue weighted by atomic mass is 9.91. The molecule has 0 unspecified atom stereocenters. The molecule has 1 aliphatic rings. The number of carboxylic acids is 1. The molecule has 3 rings (SSSR count). The van der Waals surface area contributed by atoms with Crippen molar-refractivity contribution in [1.29, 1.82) is 0 Å². The Morgan fingerprint density at radius 3 is 2.52 bits per heavy atom. The predicted molar refractivity (Wildman–Crippen MR) is 91.0 cm³/mol. The average Bonchev–Trinajstić information content (AvgIpc) is 2.97. The van der Waals surface area contributed by atoms with Crippen molar-refractivity contribution in [2.45, 2.75) is 32.2 Å². The van der Waals surface area contributed by atoms with Crippen LogP contribution < -0.4 is 0 Å². The Kier molecular flexibility index (Phi) is 3.76. The van der Waals surface area contributed by atoms with Crippen LogP contribution in [0.2, 0.25) is 0 Å². The van der Waals surface area contributed by atoms with Crippen LogP contribution >= 0.6 is 11.3 Å². The number of nitrogens with zero attached hydrogens (tertiary/aromatic N) is 1. The number of aryl methyl sites for hydroxylation is 2. The highest BCUT2D eigenvalue weighted by Crippen LogP contribution is 2.40. The molecule has 2 aromatic rings. The van der Waals surface area contributed by atoms with Crippen LogP contribution in [0.5, 0.6) is 0 Å². The molecule has 1 heterocycles. The molecule has 0 atom stereocenters. The number of benzene rings is 1. The van der Waals surface area contributed by atoms with Crippen molar-refractivity contribution in [2.75, 3.05) is 7.05 Å². The first-order valence-electron chi connectivity index (χ1n) is 7.55. The number of hydrogen-bond donors (Lipinski definition) is 1. The number of thiophene rings is 1. The molecule has 5 heteroatoms. The minimum absolute atomic E-state index is 0.241. The van der Waals surface area contributed by atoms with Crippen LogP contribution in [0.15, 0.2) is 30.3 Å². The largest absolute Gasteiger partial charge is 0.480 e. The van der Waals surface area contributed by atoms with Crippen LogP contribution in [0.4, 0.5) is 0 Å². The van der Waals surface area contributed by atoms with Crippen molar-refractivity contribution in [3.05, 3.63) is 46.3 Å². The highest BCUT2D eigenvalue weighted by atomic mass is 32.1. The van der Waals surface area contributed by atoms with E-state index in [-0.39, 0.29) is 5.91 Å². The fourth-order valence-electron chi connectivity index (χ4n) is 2.74. The highest BCUT2D eigenvalue weighted by Gasteiger charge is 2.36. The molecule has 0 saturated carbocycles. The first-order chi connectivity index (χ1) is 10.8. The Morgan fingerprint density at radius 1 is 1.17 bits per heavy atom. The van der Waals surface area contributed by atoms with Crippen molar-refractivity contribution in [1.82, 2.24) is 4.90 Å². The van der Waals surface area contributed by atoms with Gasteiger partial charge in [0.1, 0.15) is 5.54 Å². The smallest absolute Gasteiger partial charge is 0.329 e. The first-order valence-corrected chi connectivity index (χ1v) is 8.36. The van der Waals surface area contributed by atoms with Crippen LogP contribution in [-0.4, -0.2) is 34.5 Å². The third-order valence-corrected chi connectivity index (χ3v) is 5.81. The van der Waals surface area contributed by atoms with Gasteiger partial charge < -0.3 is 10.0 Å². The molecular formula is C18H19NO3S. The molecule has 4 nitrogen and oxygen atoms in total. The summed E-state index contributed by atoms with van der Waals surface area (Å²) in [6.07, 6.45) is 1.89. The maximum Gasteiger partial charge on any atom is 0.329 e. The lowest BCUT2D eigenvalue weighted by Crippen LogP contribution is -2.50. The van der Waals surface area contributed by atoms with Crippen molar-refractivity contribution in [3.63, 3.8) is 0 Å². The first kappa shape index (κ1) is 15.7. The number of carboxylic acid groups (broad SMARTS) is 1. The maximum atomic E-state index is 12.7. The van der Waals surface area contributed by atoms with Crippen molar-refractivity contribution >= 4 is 23.2 Å². The zero-order valence-electron chi connectivity index (χ0n) is 13.4. The monoisotopic (exact) mass is 329 g/mol. The number of carbonyl (C=O) groups is 2. The Morgan fingerprint density at radius 2 is 1.83 bits per heavy atom. The Bertz CT molecular complexity index is 791. The molecule has 0 aliphatic heterocycles. The zero-order valence-corrected chi connectivity index (χ0v) is 14.2. The van der Waals surface area contributed by atoms with E-state index < -0.39 is 11.5 Å². The molecule has 1 aromatic heterocycles. The third-order valence-electron chi connectivity index (χ3n) is 4.61. The number of rotatable bonds is 3. The summed E-state index contributed by atoms with van der Waals surface area (Å²) in [6.45, 7) is 3.08. The van der Waals surface area contributed by atoms with Gasteiger partial charge in [-0.1, -0.05) is 24.3 Å². The Labute approximate surface area is 139 Å². The summed E-state index contributed by atoms with van der Waals surface area (Å²) >= 11 is 1.46. The molecule has 120 valence electrons. The zero-order chi connectivity index (χ0) is 16.8. The summed E-state index contributed by atoms with van der Waals surface area (Å²) in [5, 5.41) is 9.31. The topological polar surface area (TPSA) is 57.6 Å². The average molecular weight is 329 g/mol. The second-order valence-corrected chi connectivity index (χ2v) is 7.40. The van der Waals surface area contributed by atoms with Crippen LogP contribution in [0.1, 0.15) is 34.6 Å². The van der Waals surface area contributed by atoms with Crippen LogP contribution in [0.25, 0.3) is 10.4 Å². The van der Waals surface area contributed by atoms with Gasteiger partial charge in [-0.15, -0.1) is 11.3 Å². The molecule has 23 heavy (non-hydrogen) atoms. The standard InChI is InChI=1S/C18H19NO3S/c1-18(2,17(21)22)19(3)16(20)14-10-12-9-8-11-6-4-5-7-13(11)15(12)23-14/h4-7,10H,8-9H2,1-3H3,(H,21,22). The molecule has 1 amide bonds. The number of amides is 1. The van der Waals surface area contributed by atoms with Gasteiger partial charge in [0.2, 0.25) is 0 Å². The van der Waals surface area contributed by atoms with Gasteiger partial charge in [-0.2, -0.15) is 0 Å². The van der Waals surface area contributed by atoms with Gasteiger partial charge in [0.05, 0.1) is 4.88 Å². The normalized spacial score (nSPS) is 13.2.